The van der Waals surface area contributed by atoms with Gasteiger partial charge in [0, 0.05) is 18.2 Å². The van der Waals surface area contributed by atoms with Crippen LogP contribution in [-0.2, 0) is 14.6 Å². The maximum absolute atomic E-state index is 12.2. The summed E-state index contributed by atoms with van der Waals surface area (Å²) in [7, 11) is -3.09. The van der Waals surface area contributed by atoms with Gasteiger partial charge in [-0.25, -0.2) is 13.1 Å². The van der Waals surface area contributed by atoms with Crippen LogP contribution in [0, 0.1) is 17.0 Å². The number of aryl methyl sites for hydroxylation is 1. The van der Waals surface area contributed by atoms with Crippen molar-refractivity contribution in [3.05, 3.63) is 57.8 Å². The Bertz CT molecular complexity index is 1030. The Morgan fingerprint density at radius 1 is 1.41 bits per heavy atom. The molecule has 1 aromatic carbocycles. The molecule has 1 aliphatic heterocycles. The van der Waals surface area contributed by atoms with E-state index in [1.54, 1.807) is 31.2 Å². The highest BCUT2D eigenvalue weighted by Crippen LogP contribution is 2.27. The Morgan fingerprint density at radius 2 is 2.15 bits per heavy atom. The molecule has 1 saturated heterocycles. The topological polar surface area (TPSA) is 124 Å². The molecule has 1 atom stereocenters. The molecule has 1 unspecified atom stereocenters. The van der Waals surface area contributed by atoms with Crippen LogP contribution in [-0.4, -0.2) is 40.5 Å². The Balaban J connectivity index is 1.77. The van der Waals surface area contributed by atoms with E-state index in [1.165, 1.54) is 22.9 Å². The Morgan fingerprint density at radius 3 is 2.81 bits per heavy atom. The summed E-state index contributed by atoms with van der Waals surface area (Å²) in [6, 6.07) is 7.42. The summed E-state index contributed by atoms with van der Waals surface area (Å²) in [5, 5.41) is 18.0. The highest BCUT2D eigenvalue weighted by molar-refractivity contribution is 7.91. The number of rotatable bonds is 5. The molecule has 0 aliphatic carbocycles. The van der Waals surface area contributed by atoms with E-state index < -0.39 is 20.7 Å². The zero-order chi connectivity index (χ0) is 19.6. The van der Waals surface area contributed by atoms with Gasteiger partial charge in [0.25, 0.3) is 5.69 Å². The first-order valence-electron chi connectivity index (χ1n) is 8.24. The fraction of sp³-hybridized carbons (Fsp3) is 0.294. The van der Waals surface area contributed by atoms with Crippen molar-refractivity contribution in [1.29, 1.82) is 0 Å². The first-order valence-corrected chi connectivity index (χ1v) is 10.1. The number of anilines is 1. The predicted molar refractivity (Wildman–Crippen MR) is 100 cm³/mol. The molecule has 1 N–H and O–H groups in total. The molecule has 2 heterocycles. The van der Waals surface area contributed by atoms with Crippen molar-refractivity contribution in [2.45, 2.75) is 19.4 Å². The van der Waals surface area contributed by atoms with Gasteiger partial charge in [-0.1, -0.05) is 12.1 Å². The van der Waals surface area contributed by atoms with Gasteiger partial charge in [0.1, 0.15) is 5.82 Å². The predicted octanol–water partition coefficient (Wildman–Crippen LogP) is 2.11. The standard InChI is InChI=1S/C17H18N4O5S/c1-12-10-16(20(19-12)14-8-9-27(25,26)11-14)18-17(22)7-6-13-4-2-3-5-15(13)21(23)24/h2-7,10,14H,8-9,11H2,1H3,(H,18,22)/b7-6+. The second kappa shape index (κ2) is 7.31. The van der Waals surface area contributed by atoms with Crippen molar-refractivity contribution in [3.8, 4) is 0 Å². The number of hydrogen-bond acceptors (Lipinski definition) is 6. The number of para-hydroxylation sites is 1. The molecule has 10 heteroatoms. The van der Waals surface area contributed by atoms with Gasteiger partial charge < -0.3 is 5.32 Å². The molecule has 0 saturated carbocycles. The van der Waals surface area contributed by atoms with E-state index in [4.69, 9.17) is 0 Å². The van der Waals surface area contributed by atoms with Crippen LogP contribution in [0.2, 0.25) is 0 Å². The van der Waals surface area contributed by atoms with Crippen LogP contribution in [0.1, 0.15) is 23.7 Å². The van der Waals surface area contributed by atoms with Gasteiger partial charge in [-0.05, 0) is 25.5 Å². The van der Waals surface area contributed by atoms with Crippen LogP contribution in [0.4, 0.5) is 11.5 Å². The van der Waals surface area contributed by atoms with E-state index in [9.17, 15) is 23.3 Å². The highest BCUT2D eigenvalue weighted by atomic mass is 32.2. The van der Waals surface area contributed by atoms with Crippen LogP contribution in [0.3, 0.4) is 0 Å². The summed E-state index contributed by atoms with van der Waals surface area (Å²) >= 11 is 0. The highest BCUT2D eigenvalue weighted by Gasteiger charge is 2.31. The van der Waals surface area contributed by atoms with E-state index in [0.717, 1.165) is 0 Å². The smallest absolute Gasteiger partial charge is 0.276 e. The van der Waals surface area contributed by atoms with Crippen LogP contribution >= 0.6 is 0 Å². The zero-order valence-corrected chi connectivity index (χ0v) is 15.3. The average molecular weight is 390 g/mol. The number of aromatic nitrogens is 2. The molecule has 3 rings (SSSR count). The molecule has 2 aromatic rings. The van der Waals surface area contributed by atoms with E-state index in [2.05, 4.69) is 10.4 Å². The molecule has 0 radical (unpaired) electrons. The minimum absolute atomic E-state index is 0.0109. The van der Waals surface area contributed by atoms with Gasteiger partial charge in [0.05, 0.1) is 33.7 Å². The lowest BCUT2D eigenvalue weighted by atomic mass is 10.1. The SMILES string of the molecule is Cc1cc(NC(=O)/C=C/c2ccccc2[N+](=O)[O-])n(C2CCS(=O)(=O)C2)n1. The summed E-state index contributed by atoms with van der Waals surface area (Å²) in [5.74, 6) is -0.00753. The van der Waals surface area contributed by atoms with Crippen molar-refractivity contribution in [3.63, 3.8) is 0 Å². The number of nitro benzene ring substituents is 1. The second-order valence-electron chi connectivity index (χ2n) is 6.31. The van der Waals surface area contributed by atoms with Crippen LogP contribution < -0.4 is 5.32 Å². The molecular formula is C17H18N4O5S. The van der Waals surface area contributed by atoms with Crippen LogP contribution in [0.15, 0.2) is 36.4 Å². The quantitative estimate of drug-likeness (QED) is 0.474. The molecule has 1 fully saturated rings. The number of hydrogen-bond donors (Lipinski definition) is 1. The summed E-state index contributed by atoms with van der Waals surface area (Å²) in [4.78, 5) is 22.7. The van der Waals surface area contributed by atoms with Crippen molar-refractivity contribution in [2.24, 2.45) is 0 Å². The molecule has 1 amide bonds. The van der Waals surface area contributed by atoms with Crippen molar-refractivity contribution in [2.75, 3.05) is 16.8 Å². The number of carbonyl (C=O) groups excluding carboxylic acids is 1. The average Bonchev–Trinajstić information content (AvgIpc) is 3.14. The fourth-order valence-electron chi connectivity index (χ4n) is 2.98. The molecule has 1 aromatic heterocycles. The summed E-state index contributed by atoms with van der Waals surface area (Å²) in [6.07, 6.45) is 3.00. The van der Waals surface area contributed by atoms with Crippen molar-refractivity contribution >= 4 is 33.3 Å². The Kier molecular flexibility index (Phi) is 5.08. The molecular weight excluding hydrogens is 372 g/mol. The maximum Gasteiger partial charge on any atom is 0.276 e. The number of nitrogens with one attached hydrogen (secondary N) is 1. The molecule has 142 valence electrons. The molecule has 9 nitrogen and oxygen atoms in total. The molecule has 27 heavy (non-hydrogen) atoms. The Labute approximate surface area is 155 Å². The molecule has 0 bridgehead atoms. The van der Waals surface area contributed by atoms with Gasteiger partial charge in [0.15, 0.2) is 9.84 Å². The lowest BCUT2D eigenvalue weighted by molar-refractivity contribution is -0.385. The third kappa shape index (κ3) is 4.40. The Hall–Kier alpha value is -3.01. The van der Waals surface area contributed by atoms with Gasteiger partial charge in [-0.15, -0.1) is 0 Å². The number of nitrogens with zero attached hydrogens (tertiary/aromatic N) is 3. The maximum atomic E-state index is 12.2. The largest absolute Gasteiger partial charge is 0.307 e. The normalized spacial score (nSPS) is 18.6. The van der Waals surface area contributed by atoms with Crippen LogP contribution in [0.25, 0.3) is 6.08 Å². The van der Waals surface area contributed by atoms with E-state index in [0.29, 0.717) is 23.5 Å². The van der Waals surface area contributed by atoms with Gasteiger partial charge >= 0.3 is 0 Å². The fourth-order valence-corrected chi connectivity index (χ4v) is 4.68. The first kappa shape index (κ1) is 18.8. The molecule has 0 spiro atoms. The monoisotopic (exact) mass is 390 g/mol. The number of carbonyl (C=O) groups is 1. The summed E-state index contributed by atoms with van der Waals surface area (Å²) in [6.45, 7) is 1.75. The van der Waals surface area contributed by atoms with Crippen molar-refractivity contribution in [1.82, 2.24) is 9.78 Å². The number of amides is 1. The van der Waals surface area contributed by atoms with Crippen LogP contribution in [0.5, 0.6) is 0 Å². The lowest BCUT2D eigenvalue weighted by Crippen LogP contribution is -2.18. The van der Waals surface area contributed by atoms with E-state index >= 15 is 0 Å². The number of nitro groups is 1. The lowest BCUT2D eigenvalue weighted by Gasteiger charge is -2.13. The summed E-state index contributed by atoms with van der Waals surface area (Å²) in [5.41, 5.74) is 0.861. The van der Waals surface area contributed by atoms with E-state index in [-0.39, 0.29) is 23.2 Å². The minimum Gasteiger partial charge on any atom is -0.307 e. The summed E-state index contributed by atoms with van der Waals surface area (Å²) < 4.78 is 24.9. The second-order valence-corrected chi connectivity index (χ2v) is 8.54. The van der Waals surface area contributed by atoms with E-state index in [1.807, 2.05) is 0 Å². The van der Waals surface area contributed by atoms with Gasteiger partial charge in [-0.2, -0.15) is 5.10 Å². The zero-order valence-electron chi connectivity index (χ0n) is 14.5. The molecule has 1 aliphatic rings. The van der Waals surface area contributed by atoms with Gasteiger partial charge in [0.2, 0.25) is 5.91 Å². The van der Waals surface area contributed by atoms with Gasteiger partial charge in [-0.3, -0.25) is 14.9 Å². The van der Waals surface area contributed by atoms with Crippen molar-refractivity contribution < 1.29 is 18.1 Å². The minimum atomic E-state index is -3.09. The third-order valence-electron chi connectivity index (χ3n) is 4.21. The first-order chi connectivity index (χ1) is 12.7. The number of sulfone groups is 1. The number of benzene rings is 1. The third-order valence-corrected chi connectivity index (χ3v) is 5.96.